The highest BCUT2D eigenvalue weighted by molar-refractivity contribution is 5.75. The first kappa shape index (κ1) is 18.5. The topological polar surface area (TPSA) is 54.0 Å². The fraction of sp³-hybridized carbons (Fsp3) is 0.611. The summed E-state index contributed by atoms with van der Waals surface area (Å²) in [4.78, 5) is 16.7. The molecule has 0 bridgehead atoms. The van der Waals surface area contributed by atoms with Crippen molar-refractivity contribution >= 4 is 6.03 Å². The van der Waals surface area contributed by atoms with E-state index in [1.807, 2.05) is 29.2 Å². The first-order valence-corrected chi connectivity index (χ1v) is 8.49. The van der Waals surface area contributed by atoms with Crippen molar-refractivity contribution in [2.45, 2.75) is 25.4 Å². The zero-order valence-corrected chi connectivity index (χ0v) is 15.0. The number of ether oxygens (including phenoxy) is 2. The maximum Gasteiger partial charge on any atom is 0.317 e. The fourth-order valence-electron chi connectivity index (χ4n) is 3.11. The molecule has 1 heterocycles. The summed E-state index contributed by atoms with van der Waals surface area (Å²) >= 11 is 0. The van der Waals surface area contributed by atoms with E-state index in [2.05, 4.69) is 17.3 Å². The Morgan fingerprint density at radius 3 is 2.92 bits per heavy atom. The third kappa shape index (κ3) is 5.11. The van der Waals surface area contributed by atoms with Crippen LogP contribution in [0.25, 0.3) is 0 Å². The molecule has 0 aliphatic carbocycles. The maximum absolute atomic E-state index is 12.6. The van der Waals surface area contributed by atoms with Crippen LogP contribution in [0, 0.1) is 0 Å². The largest absolute Gasteiger partial charge is 0.496 e. The first-order chi connectivity index (χ1) is 11.7. The van der Waals surface area contributed by atoms with Crippen molar-refractivity contribution in [2.24, 2.45) is 0 Å². The van der Waals surface area contributed by atoms with Crippen LogP contribution in [0.3, 0.4) is 0 Å². The predicted octanol–water partition coefficient (Wildman–Crippen LogP) is 1.95. The average Bonchev–Trinajstić information content (AvgIpc) is 3.06. The molecule has 1 fully saturated rings. The van der Waals surface area contributed by atoms with Gasteiger partial charge in [-0.2, -0.15) is 0 Å². The van der Waals surface area contributed by atoms with Crippen LogP contribution in [0.5, 0.6) is 5.75 Å². The van der Waals surface area contributed by atoms with E-state index in [1.165, 1.54) is 0 Å². The Bertz CT molecular complexity index is 524. The van der Waals surface area contributed by atoms with Crippen LogP contribution >= 0.6 is 0 Å². The number of benzene rings is 1. The first-order valence-electron chi connectivity index (χ1n) is 8.49. The van der Waals surface area contributed by atoms with E-state index in [-0.39, 0.29) is 12.1 Å². The van der Waals surface area contributed by atoms with Gasteiger partial charge in [0.05, 0.1) is 13.7 Å². The number of rotatable bonds is 8. The number of likely N-dealkylation sites (N-methyl/N-ethyl adjacent to an activating group) is 1. The molecule has 1 aliphatic rings. The third-order valence-corrected chi connectivity index (χ3v) is 4.46. The van der Waals surface area contributed by atoms with Crippen molar-refractivity contribution in [3.63, 3.8) is 0 Å². The van der Waals surface area contributed by atoms with E-state index in [1.54, 1.807) is 14.2 Å². The fourth-order valence-corrected chi connectivity index (χ4v) is 3.11. The van der Waals surface area contributed by atoms with Gasteiger partial charge in [0, 0.05) is 44.9 Å². The normalized spacial score (nSPS) is 17.3. The van der Waals surface area contributed by atoms with Gasteiger partial charge < -0.3 is 24.6 Å². The third-order valence-electron chi connectivity index (χ3n) is 4.46. The van der Waals surface area contributed by atoms with E-state index in [9.17, 15) is 4.79 Å². The molecule has 6 nitrogen and oxygen atoms in total. The molecule has 0 saturated carbocycles. The SMILES string of the molecule is COCCN(C)C[C@@H]1CCCN1C(=O)NCc1ccccc1OC. The number of urea groups is 1. The highest BCUT2D eigenvalue weighted by Crippen LogP contribution is 2.20. The van der Waals surface area contributed by atoms with Gasteiger partial charge in [0.25, 0.3) is 0 Å². The minimum Gasteiger partial charge on any atom is -0.496 e. The number of methoxy groups -OCH3 is 2. The van der Waals surface area contributed by atoms with Crippen LogP contribution < -0.4 is 10.1 Å². The Labute approximate surface area is 144 Å². The maximum atomic E-state index is 12.6. The van der Waals surface area contributed by atoms with Crippen molar-refractivity contribution in [2.75, 3.05) is 47.5 Å². The number of carbonyl (C=O) groups is 1. The summed E-state index contributed by atoms with van der Waals surface area (Å²) in [6.07, 6.45) is 2.12. The molecule has 0 unspecified atom stereocenters. The molecule has 2 amide bonds. The van der Waals surface area contributed by atoms with Gasteiger partial charge in [-0.3, -0.25) is 0 Å². The molecule has 134 valence electrons. The summed E-state index contributed by atoms with van der Waals surface area (Å²) in [5, 5.41) is 3.03. The Hall–Kier alpha value is -1.79. The van der Waals surface area contributed by atoms with E-state index in [4.69, 9.17) is 9.47 Å². The number of likely N-dealkylation sites (tertiary alicyclic amines) is 1. The molecule has 1 atom stereocenters. The van der Waals surface area contributed by atoms with Crippen molar-refractivity contribution < 1.29 is 14.3 Å². The van der Waals surface area contributed by atoms with Gasteiger partial charge in [0.15, 0.2) is 0 Å². The van der Waals surface area contributed by atoms with E-state index < -0.39 is 0 Å². The minimum absolute atomic E-state index is 0.00328. The lowest BCUT2D eigenvalue weighted by atomic mass is 10.2. The van der Waals surface area contributed by atoms with Crippen molar-refractivity contribution in [1.29, 1.82) is 0 Å². The summed E-state index contributed by atoms with van der Waals surface area (Å²) in [6.45, 7) is 3.77. The molecule has 1 aromatic carbocycles. The van der Waals surface area contributed by atoms with Gasteiger partial charge in [0.2, 0.25) is 0 Å². The van der Waals surface area contributed by atoms with Crippen molar-refractivity contribution in [3.8, 4) is 5.75 Å². The Kier molecular flexibility index (Phi) is 7.34. The van der Waals surface area contributed by atoms with Gasteiger partial charge in [-0.25, -0.2) is 4.79 Å². The van der Waals surface area contributed by atoms with Crippen molar-refractivity contribution in [3.05, 3.63) is 29.8 Å². The van der Waals surface area contributed by atoms with Gasteiger partial charge in [0.1, 0.15) is 5.75 Å². The molecular formula is C18H29N3O3. The minimum atomic E-state index is 0.00328. The van der Waals surface area contributed by atoms with E-state index in [0.29, 0.717) is 13.2 Å². The summed E-state index contributed by atoms with van der Waals surface area (Å²) in [7, 11) is 5.43. The quantitative estimate of drug-likeness (QED) is 0.789. The van der Waals surface area contributed by atoms with Crippen LogP contribution in [0.1, 0.15) is 18.4 Å². The highest BCUT2D eigenvalue weighted by atomic mass is 16.5. The van der Waals surface area contributed by atoms with E-state index >= 15 is 0 Å². The molecule has 0 radical (unpaired) electrons. The number of carbonyl (C=O) groups excluding carboxylic acids is 1. The summed E-state index contributed by atoms with van der Waals surface area (Å²) < 4.78 is 10.4. The summed E-state index contributed by atoms with van der Waals surface area (Å²) in [6, 6.07) is 8.03. The second kappa shape index (κ2) is 9.49. The van der Waals surface area contributed by atoms with Crippen molar-refractivity contribution in [1.82, 2.24) is 15.1 Å². The Balaban J connectivity index is 1.86. The lowest BCUT2D eigenvalue weighted by Crippen LogP contribution is -2.47. The average molecular weight is 335 g/mol. The Morgan fingerprint density at radius 2 is 2.17 bits per heavy atom. The zero-order chi connectivity index (χ0) is 17.4. The molecule has 1 saturated heterocycles. The standard InChI is InChI=1S/C18H29N3O3/c1-20(11-12-23-2)14-16-8-6-10-21(16)18(22)19-13-15-7-4-5-9-17(15)24-3/h4-5,7,9,16H,6,8,10-14H2,1-3H3,(H,19,22)/t16-/m0/s1. The van der Waals surface area contributed by atoms with Crippen LogP contribution in [0.4, 0.5) is 4.79 Å². The van der Waals surface area contributed by atoms with Crippen LogP contribution in [-0.2, 0) is 11.3 Å². The highest BCUT2D eigenvalue weighted by Gasteiger charge is 2.29. The second-order valence-electron chi connectivity index (χ2n) is 6.22. The van der Waals surface area contributed by atoms with Gasteiger partial charge in [-0.15, -0.1) is 0 Å². The molecule has 0 aromatic heterocycles. The molecule has 1 aromatic rings. The van der Waals surface area contributed by atoms with Crippen LogP contribution in [0.15, 0.2) is 24.3 Å². The number of para-hydroxylation sites is 1. The monoisotopic (exact) mass is 335 g/mol. The predicted molar refractivity (Wildman–Crippen MR) is 94.3 cm³/mol. The Morgan fingerprint density at radius 1 is 1.38 bits per heavy atom. The number of hydrogen-bond donors (Lipinski definition) is 1. The lowest BCUT2D eigenvalue weighted by molar-refractivity contribution is 0.140. The molecule has 1 aliphatic heterocycles. The summed E-state index contributed by atoms with van der Waals surface area (Å²) in [5.74, 6) is 0.801. The second-order valence-corrected chi connectivity index (χ2v) is 6.22. The molecule has 24 heavy (non-hydrogen) atoms. The molecule has 1 N–H and O–H groups in total. The summed E-state index contributed by atoms with van der Waals surface area (Å²) in [5.41, 5.74) is 0.987. The number of amides is 2. The van der Waals surface area contributed by atoms with E-state index in [0.717, 1.165) is 43.8 Å². The number of nitrogens with one attached hydrogen (secondary N) is 1. The molecule has 6 heteroatoms. The molecule has 0 spiro atoms. The molecular weight excluding hydrogens is 306 g/mol. The van der Waals surface area contributed by atoms with Gasteiger partial charge in [-0.05, 0) is 26.0 Å². The van der Waals surface area contributed by atoms with Crippen LogP contribution in [0.2, 0.25) is 0 Å². The number of nitrogens with zero attached hydrogens (tertiary/aromatic N) is 2. The smallest absolute Gasteiger partial charge is 0.317 e. The van der Waals surface area contributed by atoms with Gasteiger partial charge in [-0.1, -0.05) is 18.2 Å². The van der Waals surface area contributed by atoms with Crippen LogP contribution in [-0.4, -0.2) is 69.4 Å². The molecule has 2 rings (SSSR count). The van der Waals surface area contributed by atoms with Gasteiger partial charge >= 0.3 is 6.03 Å². The lowest BCUT2D eigenvalue weighted by Gasteiger charge is -2.29. The zero-order valence-electron chi connectivity index (χ0n) is 15.0. The number of hydrogen-bond acceptors (Lipinski definition) is 4.